The quantitative estimate of drug-likeness (QED) is 0.326. The van der Waals surface area contributed by atoms with Crippen molar-refractivity contribution in [3.8, 4) is 0 Å². The van der Waals surface area contributed by atoms with Gasteiger partial charge in [-0.1, -0.05) is 23.2 Å². The molecule has 8 nitrogen and oxygen atoms in total. The Kier molecular flexibility index (Phi) is 5.53. The van der Waals surface area contributed by atoms with Gasteiger partial charge in [-0.25, -0.2) is 4.90 Å². The van der Waals surface area contributed by atoms with Crippen LogP contribution in [0, 0.1) is 13.8 Å². The highest BCUT2D eigenvalue weighted by molar-refractivity contribution is 7.92. The number of amides is 2. The Morgan fingerprint density at radius 3 is 2.41 bits per heavy atom. The second kappa shape index (κ2) is 8.05. The van der Waals surface area contributed by atoms with Gasteiger partial charge in [0.1, 0.15) is 4.21 Å². The molecule has 0 radical (unpaired) electrons. The molecule has 0 fully saturated rings. The number of hydrogen-bond donors (Lipinski definition) is 2. The molecule has 1 aliphatic heterocycles. The molecule has 3 N–H and O–H groups in total. The number of carbonyl (C=O) groups excluding carboxylic acids is 2. The zero-order valence-corrected chi connectivity index (χ0v) is 19.3. The van der Waals surface area contributed by atoms with Crippen molar-refractivity contribution < 1.29 is 18.0 Å². The van der Waals surface area contributed by atoms with E-state index in [1.807, 2.05) is 6.92 Å². The first-order chi connectivity index (χ1) is 15.1. The highest BCUT2D eigenvalue weighted by Crippen LogP contribution is 2.32. The Morgan fingerprint density at radius 1 is 1.03 bits per heavy atom. The van der Waals surface area contributed by atoms with E-state index in [0.29, 0.717) is 32.4 Å². The molecule has 0 unspecified atom stereocenters. The Balaban J connectivity index is 1.58. The Bertz CT molecular complexity index is 1410. The van der Waals surface area contributed by atoms with E-state index in [9.17, 15) is 18.0 Å². The van der Waals surface area contributed by atoms with Crippen LogP contribution in [0.15, 0.2) is 57.1 Å². The van der Waals surface area contributed by atoms with Crippen molar-refractivity contribution in [1.29, 1.82) is 0 Å². The van der Waals surface area contributed by atoms with Crippen LogP contribution in [0.4, 0.5) is 11.4 Å². The lowest BCUT2D eigenvalue weighted by Gasteiger charge is -2.17. The molecule has 0 saturated heterocycles. The molecule has 164 valence electrons. The van der Waals surface area contributed by atoms with Crippen LogP contribution in [-0.4, -0.2) is 26.2 Å². The molecular weight excluding hydrogens is 472 g/mol. The number of rotatable bonds is 4. The van der Waals surface area contributed by atoms with Gasteiger partial charge in [0, 0.05) is 5.69 Å². The molecule has 0 saturated carbocycles. The van der Waals surface area contributed by atoms with Crippen molar-refractivity contribution in [3.05, 3.63) is 75.1 Å². The Hall–Kier alpha value is -3.21. The maximum atomic E-state index is 12.8. The van der Waals surface area contributed by atoms with Gasteiger partial charge >= 0.3 is 0 Å². The molecule has 3 aromatic rings. The van der Waals surface area contributed by atoms with Gasteiger partial charge in [0.25, 0.3) is 21.8 Å². The SMILES string of the molecule is Cc1ccc2c(c1)C(=O)N(c1ccc(NC(N)=NS(=O)(=O)c3ccc(Cl)s3)cc1C)C2=O. The van der Waals surface area contributed by atoms with Crippen molar-refractivity contribution in [3.63, 3.8) is 0 Å². The molecule has 2 amide bonds. The van der Waals surface area contributed by atoms with E-state index in [-0.39, 0.29) is 16.1 Å². The molecule has 1 aliphatic rings. The number of imide groups is 1. The van der Waals surface area contributed by atoms with Crippen LogP contribution in [0.2, 0.25) is 4.34 Å². The first kappa shape index (κ1) is 22.0. The summed E-state index contributed by atoms with van der Waals surface area (Å²) in [6.07, 6.45) is 0. The summed E-state index contributed by atoms with van der Waals surface area (Å²) in [5.74, 6) is -1.12. The summed E-state index contributed by atoms with van der Waals surface area (Å²) >= 11 is 6.66. The van der Waals surface area contributed by atoms with Crippen LogP contribution >= 0.6 is 22.9 Å². The number of halogens is 1. The van der Waals surface area contributed by atoms with E-state index >= 15 is 0 Å². The minimum Gasteiger partial charge on any atom is -0.369 e. The van der Waals surface area contributed by atoms with Gasteiger partial charge in [0.2, 0.25) is 5.96 Å². The maximum absolute atomic E-state index is 12.8. The third kappa shape index (κ3) is 3.99. The predicted molar refractivity (Wildman–Crippen MR) is 125 cm³/mol. The van der Waals surface area contributed by atoms with Gasteiger partial charge < -0.3 is 11.1 Å². The first-order valence-corrected chi connectivity index (χ1v) is 11.9. The van der Waals surface area contributed by atoms with E-state index in [4.69, 9.17) is 17.3 Å². The molecule has 0 atom stereocenters. The molecule has 0 spiro atoms. The van der Waals surface area contributed by atoms with Crippen molar-refractivity contribution in [1.82, 2.24) is 0 Å². The van der Waals surface area contributed by atoms with Crippen LogP contribution in [0.25, 0.3) is 0 Å². The smallest absolute Gasteiger partial charge is 0.295 e. The Labute approximate surface area is 193 Å². The van der Waals surface area contributed by atoms with Gasteiger partial charge in [0.15, 0.2) is 0 Å². The standard InChI is InChI=1S/C21H17ClN4O4S2/c1-11-3-5-14-15(9-11)20(28)26(19(14)27)16-6-4-13(10-12(16)2)24-21(23)25-32(29,30)18-8-7-17(22)31-18/h3-10H,1-2H3,(H3,23,24,25). The van der Waals surface area contributed by atoms with Crippen molar-refractivity contribution >= 4 is 62.1 Å². The van der Waals surface area contributed by atoms with Gasteiger partial charge in [-0.3, -0.25) is 9.59 Å². The zero-order chi connectivity index (χ0) is 23.2. The minimum atomic E-state index is -4.00. The van der Waals surface area contributed by atoms with E-state index in [1.54, 1.807) is 43.3 Å². The largest absolute Gasteiger partial charge is 0.369 e. The van der Waals surface area contributed by atoms with Gasteiger partial charge in [-0.05, 0) is 61.9 Å². The normalized spacial score (nSPS) is 14.1. The number of hydrogen-bond acceptors (Lipinski definition) is 5. The highest BCUT2D eigenvalue weighted by Gasteiger charge is 2.37. The summed E-state index contributed by atoms with van der Waals surface area (Å²) in [4.78, 5) is 26.8. The van der Waals surface area contributed by atoms with Crippen molar-refractivity contribution in [2.45, 2.75) is 18.1 Å². The number of anilines is 2. The van der Waals surface area contributed by atoms with E-state index < -0.39 is 15.9 Å². The van der Waals surface area contributed by atoms with Crippen LogP contribution in [0.1, 0.15) is 31.8 Å². The van der Waals surface area contributed by atoms with Gasteiger partial charge in [-0.2, -0.15) is 8.42 Å². The predicted octanol–water partition coefficient (Wildman–Crippen LogP) is 3.93. The maximum Gasteiger partial charge on any atom is 0.295 e. The summed E-state index contributed by atoms with van der Waals surface area (Å²) in [5, 5.41) is 2.71. The number of thiophene rings is 1. The lowest BCUT2D eigenvalue weighted by molar-refractivity contribution is 0.0926. The summed E-state index contributed by atoms with van der Waals surface area (Å²) in [6.45, 7) is 3.58. The fourth-order valence-electron chi connectivity index (χ4n) is 3.34. The second-order valence-corrected chi connectivity index (χ2v) is 10.7. The molecule has 2 heterocycles. The summed E-state index contributed by atoms with van der Waals surface area (Å²) < 4.78 is 28.5. The van der Waals surface area contributed by atoms with Gasteiger partial charge in [-0.15, -0.1) is 15.7 Å². The average molecular weight is 489 g/mol. The lowest BCUT2D eigenvalue weighted by Crippen LogP contribution is -2.30. The summed E-state index contributed by atoms with van der Waals surface area (Å²) in [6, 6.07) is 12.7. The van der Waals surface area contributed by atoms with Crippen molar-refractivity contribution in [2.24, 2.45) is 10.1 Å². The summed E-state index contributed by atoms with van der Waals surface area (Å²) in [7, 11) is -4.00. The average Bonchev–Trinajstić information content (AvgIpc) is 3.25. The zero-order valence-electron chi connectivity index (χ0n) is 16.9. The number of carbonyl (C=O) groups is 2. The van der Waals surface area contributed by atoms with E-state index in [0.717, 1.165) is 21.8 Å². The number of aryl methyl sites for hydroxylation is 2. The molecule has 0 aliphatic carbocycles. The first-order valence-electron chi connectivity index (χ1n) is 9.30. The topological polar surface area (TPSA) is 122 Å². The minimum absolute atomic E-state index is 0.0281. The third-order valence-corrected chi connectivity index (χ3v) is 7.76. The molecule has 4 rings (SSSR count). The fraction of sp³-hybridized carbons (Fsp3) is 0.0952. The number of sulfonamides is 1. The van der Waals surface area contributed by atoms with Crippen LogP contribution < -0.4 is 16.0 Å². The molecule has 2 aromatic carbocycles. The number of guanidine groups is 1. The second-order valence-electron chi connectivity index (χ2n) is 7.13. The lowest BCUT2D eigenvalue weighted by atomic mass is 10.1. The van der Waals surface area contributed by atoms with Crippen LogP contribution in [0.5, 0.6) is 0 Å². The fourth-order valence-corrected chi connectivity index (χ4v) is 5.69. The summed E-state index contributed by atoms with van der Waals surface area (Å²) in [5.41, 5.74) is 8.87. The van der Waals surface area contributed by atoms with Crippen LogP contribution in [-0.2, 0) is 10.0 Å². The highest BCUT2D eigenvalue weighted by atomic mass is 35.5. The number of nitrogens with one attached hydrogen (secondary N) is 1. The molecule has 1 aromatic heterocycles. The number of nitrogens with zero attached hydrogens (tertiary/aromatic N) is 2. The van der Waals surface area contributed by atoms with Crippen LogP contribution in [0.3, 0.4) is 0 Å². The molecule has 11 heteroatoms. The molecular formula is C21H17ClN4O4S2. The Morgan fingerprint density at radius 2 is 1.75 bits per heavy atom. The third-order valence-electron chi connectivity index (χ3n) is 4.77. The number of nitrogens with two attached hydrogens (primary N) is 1. The monoisotopic (exact) mass is 488 g/mol. The molecule has 0 bridgehead atoms. The molecule has 32 heavy (non-hydrogen) atoms. The van der Waals surface area contributed by atoms with E-state index in [1.165, 1.54) is 12.1 Å². The number of benzene rings is 2. The van der Waals surface area contributed by atoms with Gasteiger partial charge in [0.05, 0.1) is 21.2 Å². The number of fused-ring (bicyclic) bond motifs is 1. The van der Waals surface area contributed by atoms with E-state index in [2.05, 4.69) is 9.71 Å². The van der Waals surface area contributed by atoms with Crippen molar-refractivity contribution in [2.75, 3.05) is 10.2 Å².